The number of aryl methyl sites for hydroxylation is 1. The molecule has 1 aliphatic carbocycles. The summed E-state index contributed by atoms with van der Waals surface area (Å²) in [5, 5.41) is 12.0. The smallest absolute Gasteiger partial charge is 0.358 e. The van der Waals surface area contributed by atoms with Crippen LogP contribution in [0.4, 0.5) is 10.9 Å². The number of thiazole rings is 1. The molecule has 77 heavy (non-hydrogen) atoms. The molecule has 3 aromatic heterocycles. The highest BCUT2D eigenvalue weighted by Gasteiger charge is 2.34. The molecule has 4 aliphatic rings. The fourth-order valence-electron chi connectivity index (χ4n) is 12.4. The van der Waals surface area contributed by atoms with E-state index in [1.54, 1.807) is 0 Å². The van der Waals surface area contributed by atoms with Crippen molar-refractivity contribution in [2.75, 3.05) is 36.4 Å². The molecule has 0 spiro atoms. The van der Waals surface area contributed by atoms with Crippen molar-refractivity contribution in [2.45, 2.75) is 135 Å². The van der Waals surface area contributed by atoms with Crippen LogP contribution in [0.2, 0.25) is 0 Å². The maximum atomic E-state index is 14.1. The number of pyridine rings is 1. The summed E-state index contributed by atoms with van der Waals surface area (Å²) in [5.74, 6) is 1.01. The molecular formula is C62H70N8O6S. The number of piperidine rings is 2. The maximum Gasteiger partial charge on any atom is 0.358 e. The van der Waals surface area contributed by atoms with Gasteiger partial charge in [0, 0.05) is 49.6 Å². The van der Waals surface area contributed by atoms with Crippen LogP contribution in [-0.2, 0) is 34.3 Å². The minimum Gasteiger partial charge on any atom is -0.490 e. The molecule has 3 fully saturated rings. The SMILES string of the molecule is Cc1c(OC2CCC(CCCCN3CCC[C@H](c4cccc5c([C@H]6CCC(=O)NC6=O)nn(C)c45)C3)CC2)cccc1-c1ccc(N2CCc3cccc(C(=O)Nc4nc5ccccc5s4)c3C2)nc1C(=O)OC(C)(C)C. The second kappa shape index (κ2) is 22.2. The van der Waals surface area contributed by atoms with Gasteiger partial charge in [-0.25, -0.2) is 14.8 Å². The normalized spacial score (nSPS) is 20.2. The molecule has 2 atom stereocenters. The van der Waals surface area contributed by atoms with Gasteiger partial charge in [-0.2, -0.15) is 5.10 Å². The van der Waals surface area contributed by atoms with Gasteiger partial charge in [0.1, 0.15) is 17.2 Å². The molecule has 7 aromatic rings. The average molecular weight is 1060 g/mol. The topological polar surface area (TPSA) is 161 Å². The number of carbonyl (C=O) groups excluding carboxylic acids is 4. The lowest BCUT2D eigenvalue weighted by Crippen LogP contribution is -2.39. The van der Waals surface area contributed by atoms with Crippen LogP contribution < -0.4 is 20.3 Å². The maximum absolute atomic E-state index is 14.1. The number of carbonyl (C=O) groups is 4. The second-order valence-electron chi connectivity index (χ2n) is 22.7. The first-order valence-electron chi connectivity index (χ1n) is 27.8. The summed E-state index contributed by atoms with van der Waals surface area (Å²) in [4.78, 5) is 67.1. The van der Waals surface area contributed by atoms with E-state index < -0.39 is 17.5 Å². The van der Waals surface area contributed by atoms with E-state index in [1.807, 2.05) is 99.2 Å². The number of hydrogen-bond donors (Lipinski definition) is 2. The Labute approximate surface area is 454 Å². The van der Waals surface area contributed by atoms with Crippen LogP contribution in [0.15, 0.2) is 91.0 Å². The van der Waals surface area contributed by atoms with E-state index in [0.717, 1.165) is 119 Å². The van der Waals surface area contributed by atoms with Crippen molar-refractivity contribution >= 4 is 67.1 Å². The highest BCUT2D eigenvalue weighted by atomic mass is 32.1. The number of nitrogens with zero attached hydrogens (tertiary/aromatic N) is 6. The number of anilines is 2. The van der Waals surface area contributed by atoms with Crippen LogP contribution in [0.1, 0.15) is 152 Å². The number of rotatable bonds is 14. The second-order valence-corrected chi connectivity index (χ2v) is 23.7. The van der Waals surface area contributed by atoms with Gasteiger partial charge in [-0.1, -0.05) is 78.8 Å². The largest absolute Gasteiger partial charge is 0.490 e. The molecule has 6 heterocycles. The third kappa shape index (κ3) is 11.4. The van der Waals surface area contributed by atoms with E-state index in [-0.39, 0.29) is 29.5 Å². The van der Waals surface area contributed by atoms with Crippen molar-refractivity contribution in [1.82, 2.24) is 30.0 Å². The lowest BCUT2D eigenvalue weighted by atomic mass is 9.84. The third-order valence-corrected chi connectivity index (χ3v) is 17.2. The van der Waals surface area contributed by atoms with Gasteiger partial charge in [0.15, 0.2) is 10.8 Å². The van der Waals surface area contributed by atoms with E-state index in [4.69, 9.17) is 19.6 Å². The first-order chi connectivity index (χ1) is 37.2. The molecule has 0 unspecified atom stereocenters. The summed E-state index contributed by atoms with van der Waals surface area (Å²) in [6.07, 6.45) is 11.9. The predicted octanol–water partition coefficient (Wildman–Crippen LogP) is 11.8. The first-order valence-corrected chi connectivity index (χ1v) is 28.6. The lowest BCUT2D eigenvalue weighted by Gasteiger charge is -2.33. The number of imide groups is 1. The minimum absolute atomic E-state index is 0.121. The van der Waals surface area contributed by atoms with E-state index in [1.165, 1.54) is 36.2 Å². The zero-order valence-electron chi connectivity index (χ0n) is 45.0. The molecule has 0 radical (unpaired) electrons. The highest BCUT2D eigenvalue weighted by Crippen LogP contribution is 2.40. The predicted molar refractivity (Wildman–Crippen MR) is 303 cm³/mol. The standard InChI is InChI=1S/C62H70N8O6S/c1-38-43(45-28-30-53(64-56(45)60(74)76-62(2,3)4)70-35-32-40-15-10-19-46(49(40)37-70)58(72)66-61-63-50-21-6-7-23-52(50)77-61)17-12-22-51(38)75-42-26-24-39(25-27-42)14-8-9-33-69-34-13-16-41(36-69)44-18-11-20-47-55(67-68(5)57(44)47)48-29-31-54(71)65-59(48)73/h6-7,10-12,15,17-23,28,30,39,41-42,48H,8-9,13-14,16,24-27,29,31-37H2,1-5H3,(H,63,66,72)(H,65,71,73)/t39?,41-,42?,48+/m0/s1. The summed E-state index contributed by atoms with van der Waals surface area (Å²) >= 11 is 1.45. The van der Waals surface area contributed by atoms with Crippen molar-refractivity contribution in [1.29, 1.82) is 0 Å². The molecule has 3 aliphatic heterocycles. The van der Waals surface area contributed by atoms with Crippen LogP contribution in [0, 0.1) is 12.8 Å². The number of amides is 3. The van der Waals surface area contributed by atoms with Gasteiger partial charge in [-0.05, 0) is 175 Å². The van der Waals surface area contributed by atoms with Crippen LogP contribution in [-0.4, -0.2) is 86.2 Å². The van der Waals surface area contributed by atoms with Crippen molar-refractivity contribution in [3.8, 4) is 16.9 Å². The third-order valence-electron chi connectivity index (χ3n) is 16.3. The molecule has 11 rings (SSSR count). The van der Waals surface area contributed by atoms with Crippen LogP contribution in [0.25, 0.3) is 32.2 Å². The van der Waals surface area contributed by atoms with Gasteiger partial charge >= 0.3 is 5.97 Å². The summed E-state index contributed by atoms with van der Waals surface area (Å²) in [7, 11) is 1.98. The monoisotopic (exact) mass is 1050 g/mol. The molecule has 4 aromatic carbocycles. The van der Waals surface area contributed by atoms with E-state index >= 15 is 0 Å². The van der Waals surface area contributed by atoms with E-state index in [0.29, 0.717) is 59.8 Å². The van der Waals surface area contributed by atoms with E-state index in [2.05, 4.69) is 56.6 Å². The van der Waals surface area contributed by atoms with Crippen LogP contribution in [0.3, 0.4) is 0 Å². The van der Waals surface area contributed by atoms with Gasteiger partial charge in [0.05, 0.1) is 33.4 Å². The Bertz CT molecular complexity index is 3340. The molecule has 2 N–H and O–H groups in total. The molecule has 400 valence electrons. The Morgan fingerprint density at radius 2 is 1.66 bits per heavy atom. The Morgan fingerprint density at radius 1 is 0.844 bits per heavy atom. The van der Waals surface area contributed by atoms with Gasteiger partial charge in [0.2, 0.25) is 11.8 Å². The lowest BCUT2D eigenvalue weighted by molar-refractivity contribution is -0.134. The van der Waals surface area contributed by atoms with Gasteiger partial charge in [-0.15, -0.1) is 0 Å². The minimum atomic E-state index is -0.732. The van der Waals surface area contributed by atoms with Gasteiger partial charge in [0.25, 0.3) is 5.91 Å². The van der Waals surface area contributed by atoms with Crippen LogP contribution >= 0.6 is 11.3 Å². The number of likely N-dealkylation sites (tertiary alicyclic amines) is 1. The number of nitrogens with one attached hydrogen (secondary N) is 2. The van der Waals surface area contributed by atoms with Crippen molar-refractivity contribution in [3.05, 3.63) is 130 Å². The van der Waals surface area contributed by atoms with Crippen molar-refractivity contribution < 1.29 is 28.7 Å². The molecule has 3 amide bonds. The average Bonchev–Trinajstić information content (AvgIpc) is 4.06. The fraction of sp³-hybridized carbons (Fsp3) is 0.435. The Kier molecular flexibility index (Phi) is 15.0. The number of esters is 1. The Balaban J connectivity index is 0.702. The Morgan fingerprint density at radius 3 is 2.48 bits per heavy atom. The number of para-hydroxylation sites is 2. The quantitative estimate of drug-likeness (QED) is 0.0606. The molecule has 0 bridgehead atoms. The zero-order chi connectivity index (χ0) is 53.4. The summed E-state index contributed by atoms with van der Waals surface area (Å²) in [5.41, 5.74) is 8.73. The first kappa shape index (κ1) is 52.1. The number of fused-ring (bicyclic) bond motifs is 3. The van der Waals surface area contributed by atoms with E-state index in [9.17, 15) is 19.2 Å². The number of hydrogen-bond acceptors (Lipinski definition) is 12. The van der Waals surface area contributed by atoms with Crippen LogP contribution in [0.5, 0.6) is 5.75 Å². The van der Waals surface area contributed by atoms with Gasteiger partial charge < -0.3 is 19.3 Å². The van der Waals surface area contributed by atoms with Crippen molar-refractivity contribution in [3.63, 3.8) is 0 Å². The van der Waals surface area contributed by atoms with Gasteiger partial charge in [-0.3, -0.25) is 29.7 Å². The number of benzene rings is 4. The molecule has 2 saturated heterocycles. The zero-order valence-corrected chi connectivity index (χ0v) is 45.8. The summed E-state index contributed by atoms with van der Waals surface area (Å²) in [6.45, 7) is 12.0. The molecule has 14 nitrogen and oxygen atoms in total. The Hall–Kier alpha value is -6.97. The molecular weight excluding hydrogens is 985 g/mol. The summed E-state index contributed by atoms with van der Waals surface area (Å²) < 4.78 is 15.8. The highest BCUT2D eigenvalue weighted by molar-refractivity contribution is 7.22. The number of unbranched alkanes of at least 4 members (excludes halogenated alkanes) is 1. The van der Waals surface area contributed by atoms with Crippen molar-refractivity contribution in [2.24, 2.45) is 13.0 Å². The molecule has 15 heteroatoms. The molecule has 1 saturated carbocycles. The fourth-order valence-corrected chi connectivity index (χ4v) is 13.2. The number of ether oxygens (including phenoxy) is 2. The number of aromatic nitrogens is 4. The summed E-state index contributed by atoms with van der Waals surface area (Å²) in [6, 6.07) is 30.2.